The number of nitrogens with zero attached hydrogens (tertiary/aromatic N) is 4. The van der Waals surface area contributed by atoms with Crippen LogP contribution in [0, 0.1) is 10.1 Å². The summed E-state index contributed by atoms with van der Waals surface area (Å²) < 4.78 is 0. The van der Waals surface area contributed by atoms with E-state index in [2.05, 4.69) is 9.97 Å². The Kier molecular flexibility index (Phi) is 5.50. The van der Waals surface area contributed by atoms with Gasteiger partial charge in [-0.25, -0.2) is 0 Å². The molecule has 0 aliphatic carbocycles. The molecule has 2 aromatic heterocycles. The Labute approximate surface area is 150 Å². The predicted octanol–water partition coefficient (Wildman–Crippen LogP) is 3.29. The number of rotatable bonds is 7. The summed E-state index contributed by atoms with van der Waals surface area (Å²) in [5.74, 6) is 0.0302. The lowest BCUT2D eigenvalue weighted by Crippen LogP contribution is -2.23. The molecule has 3 aromatic rings. The number of pyridine rings is 2. The second kappa shape index (κ2) is 8.17. The van der Waals surface area contributed by atoms with E-state index in [0.29, 0.717) is 25.2 Å². The molecule has 0 aliphatic heterocycles. The Morgan fingerprint density at radius 3 is 2.04 bits per heavy atom. The fraction of sp³-hybridized carbons (Fsp3) is 0.158. The minimum atomic E-state index is -0.467. The Morgan fingerprint density at radius 1 is 0.923 bits per heavy atom. The van der Waals surface area contributed by atoms with Gasteiger partial charge in [-0.2, -0.15) is 0 Å². The highest BCUT2D eigenvalue weighted by molar-refractivity contribution is 5.43. The molecule has 0 bridgehead atoms. The van der Waals surface area contributed by atoms with Crippen molar-refractivity contribution < 1.29 is 10.0 Å². The van der Waals surface area contributed by atoms with Crippen LogP contribution in [-0.4, -0.2) is 24.9 Å². The molecule has 7 nitrogen and oxygen atoms in total. The Morgan fingerprint density at radius 2 is 1.54 bits per heavy atom. The highest BCUT2D eigenvalue weighted by atomic mass is 16.6. The molecule has 0 aliphatic rings. The number of aromatic hydroxyl groups is 1. The largest absolute Gasteiger partial charge is 0.508 e. The summed E-state index contributed by atoms with van der Waals surface area (Å²) in [6, 6.07) is 15.4. The number of hydrogen-bond donors (Lipinski definition) is 1. The van der Waals surface area contributed by atoms with E-state index in [9.17, 15) is 15.2 Å². The number of nitro benzene ring substituents is 1. The minimum Gasteiger partial charge on any atom is -0.508 e. The number of aromatic nitrogens is 2. The SMILES string of the molecule is O=[N+]([O-])c1ccc(O)c(CN(Cc2ccccn2)Cc2ccccn2)c1. The van der Waals surface area contributed by atoms with Crippen molar-refractivity contribution in [3.63, 3.8) is 0 Å². The van der Waals surface area contributed by atoms with Crippen LogP contribution in [0.4, 0.5) is 5.69 Å². The maximum atomic E-state index is 11.0. The third-order valence-electron chi connectivity index (χ3n) is 3.89. The van der Waals surface area contributed by atoms with E-state index in [0.717, 1.165) is 11.4 Å². The van der Waals surface area contributed by atoms with Gasteiger partial charge in [0.25, 0.3) is 5.69 Å². The van der Waals surface area contributed by atoms with Crippen LogP contribution in [0.2, 0.25) is 0 Å². The van der Waals surface area contributed by atoms with E-state index >= 15 is 0 Å². The van der Waals surface area contributed by atoms with Gasteiger partial charge in [-0.15, -0.1) is 0 Å². The molecule has 0 radical (unpaired) electrons. The van der Waals surface area contributed by atoms with Gasteiger partial charge in [0.05, 0.1) is 16.3 Å². The van der Waals surface area contributed by atoms with Crippen molar-refractivity contribution in [2.75, 3.05) is 0 Å². The number of nitro groups is 1. The first-order valence-electron chi connectivity index (χ1n) is 8.10. The Balaban J connectivity index is 1.85. The van der Waals surface area contributed by atoms with Crippen LogP contribution < -0.4 is 0 Å². The fourth-order valence-electron chi connectivity index (χ4n) is 2.66. The molecule has 1 N–H and O–H groups in total. The molecule has 0 saturated heterocycles. The van der Waals surface area contributed by atoms with Crippen LogP contribution in [0.5, 0.6) is 5.75 Å². The van der Waals surface area contributed by atoms with Gasteiger partial charge < -0.3 is 5.11 Å². The molecule has 2 heterocycles. The lowest BCUT2D eigenvalue weighted by molar-refractivity contribution is -0.385. The molecule has 7 heteroatoms. The lowest BCUT2D eigenvalue weighted by atomic mass is 10.1. The van der Waals surface area contributed by atoms with Gasteiger partial charge in [-0.3, -0.25) is 25.0 Å². The van der Waals surface area contributed by atoms with E-state index in [1.807, 2.05) is 41.3 Å². The number of phenolic OH excluding ortho intramolecular Hbond substituents is 1. The summed E-state index contributed by atoms with van der Waals surface area (Å²) in [5.41, 5.74) is 2.18. The first-order valence-corrected chi connectivity index (χ1v) is 8.10. The van der Waals surface area contributed by atoms with Gasteiger partial charge in [0.1, 0.15) is 5.75 Å². The highest BCUT2D eigenvalue weighted by Crippen LogP contribution is 2.25. The number of phenols is 1. The average Bonchev–Trinajstić information content (AvgIpc) is 2.65. The first kappa shape index (κ1) is 17.5. The molecule has 1 aromatic carbocycles. The van der Waals surface area contributed by atoms with E-state index in [1.165, 1.54) is 18.2 Å². The van der Waals surface area contributed by atoms with Gasteiger partial charge in [0, 0.05) is 49.7 Å². The van der Waals surface area contributed by atoms with Gasteiger partial charge in [-0.05, 0) is 30.3 Å². The lowest BCUT2D eigenvalue weighted by Gasteiger charge is -2.22. The Bertz CT molecular complexity index is 831. The second-order valence-electron chi connectivity index (χ2n) is 5.86. The number of non-ortho nitro benzene ring substituents is 1. The maximum absolute atomic E-state index is 11.0. The zero-order valence-corrected chi connectivity index (χ0v) is 14.0. The van der Waals surface area contributed by atoms with Crippen LogP contribution in [0.15, 0.2) is 67.0 Å². The molecule has 0 fully saturated rings. The van der Waals surface area contributed by atoms with E-state index < -0.39 is 4.92 Å². The van der Waals surface area contributed by atoms with Crippen LogP contribution in [0.25, 0.3) is 0 Å². The topological polar surface area (TPSA) is 92.4 Å². The molecular formula is C19H18N4O3. The zero-order valence-electron chi connectivity index (χ0n) is 14.0. The maximum Gasteiger partial charge on any atom is 0.270 e. The quantitative estimate of drug-likeness (QED) is 0.519. The summed E-state index contributed by atoms with van der Waals surface area (Å²) >= 11 is 0. The van der Waals surface area contributed by atoms with Crippen molar-refractivity contribution in [2.24, 2.45) is 0 Å². The molecule has 26 heavy (non-hydrogen) atoms. The fourth-order valence-corrected chi connectivity index (χ4v) is 2.66. The number of benzene rings is 1. The normalized spacial score (nSPS) is 10.8. The van der Waals surface area contributed by atoms with Crippen LogP contribution >= 0.6 is 0 Å². The summed E-state index contributed by atoms with van der Waals surface area (Å²) in [6.07, 6.45) is 3.44. The Hall–Kier alpha value is -3.32. The predicted molar refractivity (Wildman–Crippen MR) is 96.2 cm³/mol. The van der Waals surface area contributed by atoms with Crippen LogP contribution in [0.3, 0.4) is 0 Å². The molecule has 0 amide bonds. The van der Waals surface area contributed by atoms with Crippen molar-refractivity contribution in [1.82, 2.24) is 14.9 Å². The van der Waals surface area contributed by atoms with Crippen molar-refractivity contribution in [1.29, 1.82) is 0 Å². The van der Waals surface area contributed by atoms with Crippen molar-refractivity contribution >= 4 is 5.69 Å². The highest BCUT2D eigenvalue weighted by Gasteiger charge is 2.15. The van der Waals surface area contributed by atoms with Gasteiger partial charge in [0.2, 0.25) is 0 Å². The van der Waals surface area contributed by atoms with Crippen LogP contribution in [-0.2, 0) is 19.6 Å². The van der Waals surface area contributed by atoms with Crippen molar-refractivity contribution in [3.8, 4) is 5.75 Å². The summed E-state index contributed by atoms with van der Waals surface area (Å²) in [6.45, 7) is 1.39. The smallest absolute Gasteiger partial charge is 0.270 e. The minimum absolute atomic E-state index is 0.0302. The monoisotopic (exact) mass is 350 g/mol. The standard InChI is InChI=1S/C19H18N4O3/c24-19-8-7-18(23(25)26)11-15(19)12-22(13-16-5-1-3-9-20-16)14-17-6-2-4-10-21-17/h1-11,24H,12-14H2. The molecule has 132 valence electrons. The van der Waals surface area contributed by atoms with Crippen LogP contribution in [0.1, 0.15) is 17.0 Å². The summed E-state index contributed by atoms with van der Waals surface area (Å²) in [7, 11) is 0. The molecule has 0 spiro atoms. The molecule has 0 atom stereocenters. The third-order valence-corrected chi connectivity index (χ3v) is 3.89. The first-order chi connectivity index (χ1) is 12.6. The number of hydrogen-bond acceptors (Lipinski definition) is 6. The van der Waals surface area contributed by atoms with Crippen molar-refractivity contribution in [3.05, 3.63) is 94.1 Å². The van der Waals surface area contributed by atoms with E-state index in [4.69, 9.17) is 0 Å². The zero-order chi connectivity index (χ0) is 18.4. The average molecular weight is 350 g/mol. The van der Waals surface area contributed by atoms with Gasteiger partial charge >= 0.3 is 0 Å². The molecular weight excluding hydrogens is 332 g/mol. The van der Waals surface area contributed by atoms with E-state index in [-0.39, 0.29) is 11.4 Å². The third kappa shape index (κ3) is 4.61. The van der Waals surface area contributed by atoms with Crippen molar-refractivity contribution in [2.45, 2.75) is 19.6 Å². The van der Waals surface area contributed by atoms with Gasteiger partial charge in [-0.1, -0.05) is 12.1 Å². The van der Waals surface area contributed by atoms with E-state index in [1.54, 1.807) is 12.4 Å². The van der Waals surface area contributed by atoms with Gasteiger partial charge in [0.15, 0.2) is 0 Å². The molecule has 0 saturated carbocycles. The molecule has 3 rings (SSSR count). The second-order valence-corrected chi connectivity index (χ2v) is 5.86. The summed E-state index contributed by atoms with van der Waals surface area (Å²) in [4.78, 5) is 21.3. The molecule has 0 unspecified atom stereocenters. The summed E-state index contributed by atoms with van der Waals surface area (Å²) in [5, 5.41) is 21.1.